The molecule has 0 unspecified atom stereocenters. The Morgan fingerprint density at radius 3 is 2.16 bits per heavy atom. The highest BCUT2D eigenvalue weighted by Gasteiger charge is 2.02. The third-order valence-electron chi connectivity index (χ3n) is 3.77. The predicted octanol–water partition coefficient (Wildman–Crippen LogP) is 5.52. The summed E-state index contributed by atoms with van der Waals surface area (Å²) in [6.45, 7) is 17.0. The summed E-state index contributed by atoms with van der Waals surface area (Å²) in [5.74, 6) is -0.149. The average molecular weight is 436 g/mol. The Morgan fingerprint density at radius 1 is 1.10 bits per heavy atom. The van der Waals surface area contributed by atoms with E-state index in [1.807, 2.05) is 33.8 Å². The standard InChI is InChI=1S/C9H19NO.C9H9N.C5H11NO2.C2H6/c1-4-5-6-10-9(11)7-8(2)3;1-7-6-8-4-2-3-5-9(8)10-7;1-4(2)6-3-5(7)8;1-2/h8H,4-7H2,1-3H3,(H,10,11);2-6,10H,1H3;4,6H,3H2,1-2H3,(H,7,8);1-2H3. The van der Waals surface area contributed by atoms with Crippen molar-refractivity contribution in [2.75, 3.05) is 13.1 Å². The number of fused-ring (bicyclic) bond motifs is 1. The van der Waals surface area contributed by atoms with Crippen LogP contribution in [0.15, 0.2) is 30.3 Å². The summed E-state index contributed by atoms with van der Waals surface area (Å²) < 4.78 is 0. The molecule has 4 N–H and O–H groups in total. The van der Waals surface area contributed by atoms with E-state index in [0.717, 1.165) is 19.4 Å². The van der Waals surface area contributed by atoms with Crippen molar-refractivity contribution in [3.63, 3.8) is 0 Å². The van der Waals surface area contributed by atoms with Gasteiger partial charge in [0.15, 0.2) is 0 Å². The maximum absolute atomic E-state index is 11.0. The Hall–Kier alpha value is -2.34. The van der Waals surface area contributed by atoms with Gasteiger partial charge in [-0.3, -0.25) is 9.59 Å². The number of aromatic amines is 1. The molecule has 2 aromatic rings. The van der Waals surface area contributed by atoms with Crippen LogP contribution >= 0.6 is 0 Å². The molecule has 0 aliphatic carbocycles. The molecule has 2 rings (SSSR count). The molecule has 1 amide bonds. The van der Waals surface area contributed by atoms with Crippen LogP contribution in [-0.4, -0.2) is 41.1 Å². The van der Waals surface area contributed by atoms with Crippen molar-refractivity contribution in [2.45, 2.75) is 80.7 Å². The number of aromatic nitrogens is 1. The average Bonchev–Trinajstić information content (AvgIpc) is 3.09. The second-order valence-corrected chi connectivity index (χ2v) is 7.77. The first-order valence-electron chi connectivity index (χ1n) is 11.4. The van der Waals surface area contributed by atoms with Crippen molar-refractivity contribution in [3.8, 4) is 0 Å². The molecule has 6 nitrogen and oxygen atoms in total. The number of carboxylic acid groups (broad SMARTS) is 1. The van der Waals surface area contributed by atoms with Gasteiger partial charge >= 0.3 is 5.97 Å². The predicted molar refractivity (Wildman–Crippen MR) is 133 cm³/mol. The molecular weight excluding hydrogens is 390 g/mol. The Kier molecular flexibility index (Phi) is 19.5. The van der Waals surface area contributed by atoms with E-state index in [0.29, 0.717) is 12.3 Å². The Morgan fingerprint density at radius 2 is 1.71 bits per heavy atom. The molecule has 6 heteroatoms. The molecule has 0 fully saturated rings. The molecule has 0 aliphatic rings. The first-order valence-corrected chi connectivity index (χ1v) is 11.4. The summed E-state index contributed by atoms with van der Waals surface area (Å²) in [6, 6.07) is 10.7. The largest absolute Gasteiger partial charge is 0.480 e. The lowest BCUT2D eigenvalue weighted by molar-refractivity contribution is -0.136. The highest BCUT2D eigenvalue weighted by Crippen LogP contribution is 2.12. The van der Waals surface area contributed by atoms with Crippen LogP contribution in [-0.2, 0) is 9.59 Å². The van der Waals surface area contributed by atoms with Crippen LogP contribution in [0, 0.1) is 12.8 Å². The van der Waals surface area contributed by atoms with Gasteiger partial charge in [0.2, 0.25) is 5.91 Å². The topological polar surface area (TPSA) is 94.2 Å². The SMILES string of the molecule is CC.CC(C)NCC(=O)O.CCCCNC(=O)CC(C)C.Cc1cc2ccccc2[nH]1. The van der Waals surface area contributed by atoms with E-state index in [1.54, 1.807) is 0 Å². The summed E-state index contributed by atoms with van der Waals surface area (Å²) in [4.78, 5) is 24.1. The van der Waals surface area contributed by atoms with Gasteiger partial charge < -0.3 is 20.7 Å². The van der Waals surface area contributed by atoms with E-state index in [1.165, 1.54) is 16.6 Å². The van der Waals surface area contributed by atoms with Gasteiger partial charge in [-0.15, -0.1) is 0 Å². The quantitative estimate of drug-likeness (QED) is 0.411. The van der Waals surface area contributed by atoms with Crippen molar-refractivity contribution in [1.82, 2.24) is 15.6 Å². The number of hydrogen-bond donors (Lipinski definition) is 4. The van der Waals surface area contributed by atoms with Gasteiger partial charge in [-0.1, -0.05) is 73.1 Å². The van der Waals surface area contributed by atoms with Gasteiger partial charge in [-0.05, 0) is 36.8 Å². The summed E-state index contributed by atoms with van der Waals surface area (Å²) in [5.41, 5.74) is 2.45. The highest BCUT2D eigenvalue weighted by molar-refractivity contribution is 5.80. The van der Waals surface area contributed by atoms with Crippen LogP contribution in [0.3, 0.4) is 0 Å². The number of hydrogen-bond acceptors (Lipinski definition) is 3. The van der Waals surface area contributed by atoms with Crippen molar-refractivity contribution in [2.24, 2.45) is 5.92 Å². The molecule has 1 aromatic heterocycles. The summed E-state index contributed by atoms with van der Waals surface area (Å²) in [6.07, 6.45) is 2.88. The molecule has 0 bridgehead atoms. The molecule has 0 radical (unpaired) electrons. The van der Waals surface area contributed by atoms with E-state index >= 15 is 0 Å². The number of carbonyl (C=O) groups excluding carboxylic acids is 1. The molecule has 1 heterocycles. The van der Waals surface area contributed by atoms with E-state index < -0.39 is 5.97 Å². The van der Waals surface area contributed by atoms with Crippen LogP contribution in [0.5, 0.6) is 0 Å². The number of carbonyl (C=O) groups is 2. The van der Waals surface area contributed by atoms with Gasteiger partial charge in [-0.25, -0.2) is 0 Å². The van der Waals surface area contributed by atoms with Crippen LogP contribution in [0.25, 0.3) is 10.9 Å². The number of nitrogens with one attached hydrogen (secondary N) is 3. The first-order chi connectivity index (χ1) is 14.6. The van der Waals surface area contributed by atoms with E-state index in [9.17, 15) is 9.59 Å². The van der Waals surface area contributed by atoms with E-state index in [4.69, 9.17) is 5.11 Å². The molecule has 31 heavy (non-hydrogen) atoms. The van der Waals surface area contributed by atoms with Crippen LogP contribution < -0.4 is 10.6 Å². The van der Waals surface area contributed by atoms with Crippen LogP contribution in [0.2, 0.25) is 0 Å². The molecular formula is C25H45N3O3. The molecule has 0 aliphatic heterocycles. The fourth-order valence-corrected chi connectivity index (χ4v) is 2.36. The van der Waals surface area contributed by atoms with Gasteiger partial charge in [0.05, 0.1) is 6.54 Å². The Bertz CT molecular complexity index is 676. The van der Waals surface area contributed by atoms with Crippen molar-refractivity contribution in [1.29, 1.82) is 0 Å². The number of carboxylic acids is 1. The van der Waals surface area contributed by atoms with Crippen molar-refractivity contribution < 1.29 is 14.7 Å². The minimum Gasteiger partial charge on any atom is -0.480 e. The first kappa shape index (κ1) is 30.9. The smallest absolute Gasteiger partial charge is 0.317 e. The van der Waals surface area contributed by atoms with Crippen molar-refractivity contribution in [3.05, 3.63) is 36.0 Å². The Labute approximate surface area is 189 Å². The molecule has 1 aromatic carbocycles. The zero-order valence-electron chi connectivity index (χ0n) is 20.8. The molecule has 0 saturated carbocycles. The minimum atomic E-state index is -0.807. The summed E-state index contributed by atoms with van der Waals surface area (Å²) in [7, 11) is 0. The fourth-order valence-electron chi connectivity index (χ4n) is 2.36. The normalized spacial score (nSPS) is 9.74. The number of unbranched alkanes of at least 4 members (excludes halogenated alkanes) is 1. The zero-order chi connectivity index (χ0) is 24.2. The maximum atomic E-state index is 11.0. The number of benzene rings is 1. The Balaban J connectivity index is 0. The second kappa shape index (κ2) is 19.6. The number of para-hydroxylation sites is 1. The number of aliphatic carboxylic acids is 1. The third-order valence-corrected chi connectivity index (χ3v) is 3.77. The third kappa shape index (κ3) is 19.4. The van der Waals surface area contributed by atoms with Gasteiger partial charge in [0.1, 0.15) is 0 Å². The lowest BCUT2D eigenvalue weighted by atomic mass is 10.1. The summed E-state index contributed by atoms with van der Waals surface area (Å²) in [5, 5.41) is 15.0. The maximum Gasteiger partial charge on any atom is 0.317 e. The fraction of sp³-hybridized carbons (Fsp3) is 0.600. The van der Waals surface area contributed by atoms with Gasteiger partial charge in [-0.2, -0.15) is 0 Å². The molecule has 0 saturated heterocycles. The summed E-state index contributed by atoms with van der Waals surface area (Å²) >= 11 is 0. The highest BCUT2D eigenvalue weighted by atomic mass is 16.4. The molecule has 178 valence electrons. The van der Waals surface area contributed by atoms with Crippen molar-refractivity contribution >= 4 is 22.8 Å². The molecule has 0 atom stereocenters. The van der Waals surface area contributed by atoms with E-state index in [2.05, 4.69) is 67.6 Å². The second-order valence-electron chi connectivity index (χ2n) is 7.77. The number of rotatable bonds is 8. The lowest BCUT2D eigenvalue weighted by Crippen LogP contribution is -2.28. The lowest BCUT2D eigenvalue weighted by Gasteiger charge is -2.05. The van der Waals surface area contributed by atoms with Gasteiger partial charge in [0.25, 0.3) is 0 Å². The number of aryl methyl sites for hydroxylation is 1. The van der Waals surface area contributed by atoms with Crippen LogP contribution in [0.1, 0.15) is 73.4 Å². The van der Waals surface area contributed by atoms with E-state index in [-0.39, 0.29) is 18.5 Å². The molecule has 0 spiro atoms. The van der Waals surface area contributed by atoms with Crippen LogP contribution in [0.4, 0.5) is 0 Å². The van der Waals surface area contributed by atoms with Gasteiger partial charge in [0, 0.05) is 30.2 Å². The zero-order valence-corrected chi connectivity index (χ0v) is 20.8. The number of H-pyrrole nitrogens is 1. The monoisotopic (exact) mass is 435 g/mol. The number of amides is 1. The minimum absolute atomic E-state index is 0.0532.